The molecule has 1 amide bonds. The van der Waals surface area contributed by atoms with Gasteiger partial charge in [-0.05, 0) is 31.7 Å². The molecule has 0 radical (unpaired) electrons. The molecule has 3 fully saturated rings. The van der Waals surface area contributed by atoms with Crippen LogP contribution in [0.4, 0.5) is 0 Å². The second kappa shape index (κ2) is 7.07. The molecule has 2 saturated heterocycles. The van der Waals surface area contributed by atoms with E-state index < -0.39 is 0 Å². The average Bonchev–Trinajstić information content (AvgIpc) is 3.06. The molecule has 3 aliphatic rings. The first-order valence-electron chi connectivity index (χ1n) is 8.90. The van der Waals surface area contributed by atoms with Crippen molar-refractivity contribution in [2.24, 2.45) is 5.92 Å². The number of pyridine rings is 1. The third-order valence-corrected chi connectivity index (χ3v) is 5.30. The molecule has 0 N–H and O–H groups in total. The highest BCUT2D eigenvalue weighted by molar-refractivity contribution is 5.79. The van der Waals surface area contributed by atoms with Crippen molar-refractivity contribution in [3.8, 4) is 5.88 Å². The summed E-state index contributed by atoms with van der Waals surface area (Å²) in [5.41, 5.74) is 0. The van der Waals surface area contributed by atoms with Crippen molar-refractivity contribution in [3.05, 3.63) is 24.4 Å². The summed E-state index contributed by atoms with van der Waals surface area (Å²) in [7, 11) is 0. The predicted molar refractivity (Wildman–Crippen MR) is 86.7 cm³/mol. The Kier molecular flexibility index (Phi) is 4.67. The number of hydrogen-bond acceptors (Lipinski definition) is 5. The van der Waals surface area contributed by atoms with Crippen LogP contribution in [0.5, 0.6) is 5.88 Å². The molecule has 130 valence electrons. The summed E-state index contributed by atoms with van der Waals surface area (Å²) in [6.45, 7) is 2.66. The van der Waals surface area contributed by atoms with Gasteiger partial charge in [0.15, 0.2) is 0 Å². The zero-order valence-electron chi connectivity index (χ0n) is 13.8. The van der Waals surface area contributed by atoms with Gasteiger partial charge in [-0.25, -0.2) is 4.98 Å². The van der Waals surface area contributed by atoms with E-state index in [1.54, 1.807) is 6.20 Å². The molecule has 4 rings (SSSR count). The Hall–Kier alpha value is -1.66. The van der Waals surface area contributed by atoms with Gasteiger partial charge in [-0.1, -0.05) is 6.07 Å². The van der Waals surface area contributed by atoms with E-state index >= 15 is 0 Å². The number of hydrogen-bond donors (Lipinski definition) is 0. The Labute approximate surface area is 142 Å². The predicted octanol–water partition coefficient (Wildman–Crippen LogP) is 1.65. The van der Waals surface area contributed by atoms with Crippen LogP contribution in [-0.4, -0.2) is 60.4 Å². The van der Waals surface area contributed by atoms with Crippen molar-refractivity contribution < 1.29 is 19.0 Å². The van der Waals surface area contributed by atoms with E-state index in [1.165, 1.54) is 0 Å². The largest absolute Gasteiger partial charge is 0.471 e. The fourth-order valence-corrected chi connectivity index (χ4v) is 4.07. The lowest BCUT2D eigenvalue weighted by Gasteiger charge is -2.41. The Morgan fingerprint density at radius 1 is 1.17 bits per heavy atom. The summed E-state index contributed by atoms with van der Waals surface area (Å²) in [5, 5.41) is 0. The Morgan fingerprint density at radius 3 is 2.83 bits per heavy atom. The maximum absolute atomic E-state index is 12.9. The number of amides is 1. The highest BCUT2D eigenvalue weighted by atomic mass is 16.5. The molecule has 6 heteroatoms. The number of carbonyl (C=O) groups is 1. The molecule has 0 unspecified atom stereocenters. The van der Waals surface area contributed by atoms with Crippen LogP contribution in [0, 0.1) is 5.92 Å². The number of ether oxygens (including phenoxy) is 3. The maximum atomic E-state index is 12.9. The van der Waals surface area contributed by atoms with Crippen molar-refractivity contribution in [1.29, 1.82) is 0 Å². The normalized spacial score (nSPS) is 30.8. The smallest absolute Gasteiger partial charge is 0.226 e. The van der Waals surface area contributed by atoms with Crippen molar-refractivity contribution in [2.75, 3.05) is 26.4 Å². The Bertz CT molecular complexity index is 561. The summed E-state index contributed by atoms with van der Waals surface area (Å²) in [6, 6.07) is 5.77. The van der Waals surface area contributed by atoms with Crippen LogP contribution in [0.15, 0.2) is 24.4 Å². The molecular formula is C18H24N2O4. The van der Waals surface area contributed by atoms with Gasteiger partial charge in [0, 0.05) is 37.9 Å². The molecule has 24 heavy (non-hydrogen) atoms. The number of carbonyl (C=O) groups excluding carboxylic acids is 1. The van der Waals surface area contributed by atoms with Crippen LogP contribution in [0.2, 0.25) is 0 Å². The molecule has 1 aliphatic carbocycles. The van der Waals surface area contributed by atoms with Gasteiger partial charge in [0.25, 0.3) is 0 Å². The zero-order chi connectivity index (χ0) is 16.4. The number of aromatic nitrogens is 1. The highest BCUT2D eigenvalue weighted by Gasteiger charge is 2.46. The molecule has 6 nitrogen and oxygen atoms in total. The molecule has 1 saturated carbocycles. The first kappa shape index (κ1) is 15.8. The fourth-order valence-electron chi connectivity index (χ4n) is 4.07. The molecule has 0 aromatic carbocycles. The third-order valence-electron chi connectivity index (χ3n) is 5.30. The zero-order valence-corrected chi connectivity index (χ0v) is 13.8. The molecule has 3 heterocycles. The fraction of sp³-hybridized carbons (Fsp3) is 0.667. The molecule has 0 bridgehead atoms. The minimum atomic E-state index is -0.0513. The lowest BCUT2D eigenvalue weighted by Crippen LogP contribution is -2.56. The molecule has 3 atom stereocenters. The standard InChI is InChI=1S/C18H24N2O4/c21-18(13-6-10-22-11-7-13)20-9-12-23-17-14(20)4-5-15(17)24-16-3-1-2-8-19-16/h1-3,8,13-15,17H,4-7,9-12H2/t14-,15+,17+/m0/s1. The van der Waals surface area contributed by atoms with E-state index in [9.17, 15) is 4.79 Å². The van der Waals surface area contributed by atoms with Crippen molar-refractivity contribution in [1.82, 2.24) is 9.88 Å². The molecule has 2 aliphatic heterocycles. The van der Waals surface area contributed by atoms with E-state index in [0.29, 0.717) is 32.2 Å². The van der Waals surface area contributed by atoms with Crippen molar-refractivity contribution >= 4 is 5.91 Å². The first-order valence-corrected chi connectivity index (χ1v) is 8.90. The van der Waals surface area contributed by atoms with Gasteiger partial charge in [-0.3, -0.25) is 4.79 Å². The van der Waals surface area contributed by atoms with Gasteiger partial charge in [-0.2, -0.15) is 0 Å². The lowest BCUT2D eigenvalue weighted by atomic mass is 9.97. The van der Waals surface area contributed by atoms with E-state index in [0.717, 1.165) is 25.7 Å². The second-order valence-electron chi connectivity index (χ2n) is 6.72. The summed E-state index contributed by atoms with van der Waals surface area (Å²) >= 11 is 0. The lowest BCUT2D eigenvalue weighted by molar-refractivity contribution is -0.154. The van der Waals surface area contributed by atoms with Crippen LogP contribution in [0.25, 0.3) is 0 Å². The molecule has 0 spiro atoms. The maximum Gasteiger partial charge on any atom is 0.226 e. The van der Waals surface area contributed by atoms with E-state index in [-0.39, 0.29) is 30.1 Å². The van der Waals surface area contributed by atoms with Crippen LogP contribution in [0.3, 0.4) is 0 Å². The van der Waals surface area contributed by atoms with Gasteiger partial charge in [0.05, 0.1) is 12.6 Å². The minimum Gasteiger partial charge on any atom is -0.471 e. The van der Waals surface area contributed by atoms with Crippen LogP contribution >= 0.6 is 0 Å². The van der Waals surface area contributed by atoms with Gasteiger partial charge in [-0.15, -0.1) is 0 Å². The topological polar surface area (TPSA) is 60.9 Å². The Morgan fingerprint density at radius 2 is 2.04 bits per heavy atom. The quantitative estimate of drug-likeness (QED) is 0.842. The summed E-state index contributed by atoms with van der Waals surface area (Å²) in [6.07, 6.45) is 5.13. The monoisotopic (exact) mass is 332 g/mol. The summed E-state index contributed by atoms with van der Waals surface area (Å²) < 4.78 is 17.4. The number of nitrogens with zero attached hydrogens (tertiary/aromatic N) is 2. The summed E-state index contributed by atoms with van der Waals surface area (Å²) in [4.78, 5) is 19.2. The van der Waals surface area contributed by atoms with Crippen LogP contribution in [-0.2, 0) is 14.3 Å². The van der Waals surface area contributed by atoms with E-state index in [1.807, 2.05) is 23.1 Å². The molecular weight excluding hydrogens is 308 g/mol. The number of rotatable bonds is 3. The summed E-state index contributed by atoms with van der Waals surface area (Å²) in [5.74, 6) is 1.00. The third kappa shape index (κ3) is 3.13. The highest BCUT2D eigenvalue weighted by Crippen LogP contribution is 2.34. The number of morpholine rings is 1. The molecule has 1 aromatic rings. The van der Waals surface area contributed by atoms with Gasteiger partial charge in [0.2, 0.25) is 11.8 Å². The van der Waals surface area contributed by atoms with Gasteiger partial charge < -0.3 is 19.1 Å². The Balaban J connectivity index is 1.43. The SMILES string of the molecule is O=C(C1CCOCC1)N1CCO[C@H]2[C@H](Oc3ccccn3)CC[C@@H]21. The van der Waals surface area contributed by atoms with Crippen molar-refractivity contribution in [2.45, 2.75) is 43.9 Å². The van der Waals surface area contributed by atoms with Gasteiger partial charge in [0.1, 0.15) is 12.2 Å². The minimum absolute atomic E-state index is 0.0322. The molecule has 1 aromatic heterocycles. The van der Waals surface area contributed by atoms with Gasteiger partial charge >= 0.3 is 0 Å². The average molecular weight is 332 g/mol. The van der Waals surface area contributed by atoms with E-state index in [2.05, 4.69) is 4.98 Å². The number of fused-ring (bicyclic) bond motifs is 1. The van der Waals surface area contributed by atoms with Crippen LogP contribution in [0.1, 0.15) is 25.7 Å². The second-order valence-corrected chi connectivity index (χ2v) is 6.72. The van der Waals surface area contributed by atoms with Crippen LogP contribution < -0.4 is 4.74 Å². The van der Waals surface area contributed by atoms with Crippen molar-refractivity contribution in [3.63, 3.8) is 0 Å². The van der Waals surface area contributed by atoms with E-state index in [4.69, 9.17) is 14.2 Å². The first-order chi connectivity index (χ1) is 11.8.